The Kier molecular flexibility index (Phi) is 5.58. The van der Waals surface area contributed by atoms with Crippen molar-refractivity contribution in [3.8, 4) is 5.75 Å². The van der Waals surface area contributed by atoms with Gasteiger partial charge in [0, 0.05) is 5.69 Å². The highest BCUT2D eigenvalue weighted by Gasteiger charge is 2.16. The molecule has 2 rings (SSSR count). The van der Waals surface area contributed by atoms with Gasteiger partial charge in [-0.1, -0.05) is 12.1 Å². The van der Waals surface area contributed by atoms with Crippen molar-refractivity contribution in [1.82, 2.24) is 0 Å². The van der Waals surface area contributed by atoms with Crippen molar-refractivity contribution in [2.75, 3.05) is 12.4 Å². The fourth-order valence-corrected chi connectivity index (χ4v) is 2.15. The number of carbonyl (C=O) groups excluding carboxylic acids is 2. The lowest BCUT2D eigenvalue weighted by Crippen LogP contribution is -2.30. The normalized spacial score (nSPS) is 11.5. The van der Waals surface area contributed by atoms with E-state index in [4.69, 9.17) is 4.74 Å². The number of rotatable bonds is 5. The summed E-state index contributed by atoms with van der Waals surface area (Å²) in [6.45, 7) is 5.58. The van der Waals surface area contributed by atoms with E-state index >= 15 is 0 Å². The van der Waals surface area contributed by atoms with E-state index in [1.54, 1.807) is 31.2 Å². The highest BCUT2D eigenvalue weighted by molar-refractivity contribution is 5.95. The smallest absolute Gasteiger partial charge is 0.337 e. The third-order valence-corrected chi connectivity index (χ3v) is 3.61. The molecular weight excluding hydrogens is 306 g/mol. The summed E-state index contributed by atoms with van der Waals surface area (Å²) in [5.74, 6) is -0.144. The summed E-state index contributed by atoms with van der Waals surface area (Å²) in [4.78, 5) is 23.7. The Hall–Kier alpha value is -2.82. The molecule has 0 aliphatic heterocycles. The van der Waals surface area contributed by atoms with Crippen molar-refractivity contribution in [2.45, 2.75) is 26.9 Å². The van der Waals surface area contributed by atoms with Gasteiger partial charge >= 0.3 is 5.97 Å². The lowest BCUT2D eigenvalue weighted by atomic mass is 10.1. The summed E-state index contributed by atoms with van der Waals surface area (Å²) in [5, 5.41) is 2.87. The number of benzene rings is 2. The monoisotopic (exact) mass is 327 g/mol. The van der Waals surface area contributed by atoms with Gasteiger partial charge in [-0.05, 0) is 62.2 Å². The van der Waals surface area contributed by atoms with E-state index in [0.29, 0.717) is 11.3 Å². The first kappa shape index (κ1) is 17.5. The van der Waals surface area contributed by atoms with E-state index in [-0.39, 0.29) is 5.91 Å². The van der Waals surface area contributed by atoms with E-state index in [1.807, 2.05) is 32.0 Å². The number of amides is 1. The molecule has 0 radical (unpaired) electrons. The van der Waals surface area contributed by atoms with Crippen molar-refractivity contribution in [3.63, 3.8) is 0 Å². The second kappa shape index (κ2) is 7.64. The van der Waals surface area contributed by atoms with Gasteiger partial charge in [0.25, 0.3) is 5.91 Å². The van der Waals surface area contributed by atoms with Gasteiger partial charge in [0.2, 0.25) is 0 Å². The van der Waals surface area contributed by atoms with Crippen molar-refractivity contribution in [2.24, 2.45) is 0 Å². The maximum atomic E-state index is 12.3. The summed E-state index contributed by atoms with van der Waals surface area (Å²) in [5.41, 5.74) is 3.26. The Morgan fingerprint density at radius 1 is 1.04 bits per heavy atom. The summed E-state index contributed by atoms with van der Waals surface area (Å²) < 4.78 is 10.3. The molecule has 126 valence electrons. The first-order chi connectivity index (χ1) is 11.4. The Bertz CT molecular complexity index is 738. The Morgan fingerprint density at radius 3 is 2.33 bits per heavy atom. The minimum Gasteiger partial charge on any atom is -0.481 e. The first-order valence-electron chi connectivity index (χ1n) is 7.64. The number of ether oxygens (including phenoxy) is 2. The van der Waals surface area contributed by atoms with Gasteiger partial charge in [0.05, 0.1) is 12.7 Å². The zero-order chi connectivity index (χ0) is 17.7. The average molecular weight is 327 g/mol. The number of esters is 1. The van der Waals surface area contributed by atoms with Crippen molar-refractivity contribution < 1.29 is 19.1 Å². The van der Waals surface area contributed by atoms with Crippen LogP contribution in [0, 0.1) is 13.8 Å². The maximum absolute atomic E-state index is 12.3. The molecule has 0 aliphatic rings. The predicted molar refractivity (Wildman–Crippen MR) is 92.4 cm³/mol. The minimum atomic E-state index is -0.672. The van der Waals surface area contributed by atoms with Crippen molar-refractivity contribution in [1.29, 1.82) is 0 Å². The van der Waals surface area contributed by atoms with Crippen LogP contribution in [0.15, 0.2) is 42.5 Å². The van der Waals surface area contributed by atoms with Crippen LogP contribution in [0.1, 0.15) is 28.4 Å². The zero-order valence-electron chi connectivity index (χ0n) is 14.3. The lowest BCUT2D eigenvalue weighted by molar-refractivity contribution is -0.122. The van der Waals surface area contributed by atoms with Gasteiger partial charge < -0.3 is 14.8 Å². The number of methoxy groups -OCH3 is 1. The second-order valence-corrected chi connectivity index (χ2v) is 5.58. The number of nitrogens with one attached hydrogen (secondary N) is 1. The van der Waals surface area contributed by atoms with Crippen LogP contribution in [0.25, 0.3) is 0 Å². The molecule has 2 aromatic carbocycles. The van der Waals surface area contributed by atoms with E-state index in [0.717, 1.165) is 16.8 Å². The largest absolute Gasteiger partial charge is 0.481 e. The Balaban J connectivity index is 2.01. The first-order valence-corrected chi connectivity index (χ1v) is 7.64. The number of hydrogen-bond acceptors (Lipinski definition) is 4. The van der Waals surface area contributed by atoms with Crippen molar-refractivity contribution in [3.05, 3.63) is 59.2 Å². The molecule has 1 atom stereocenters. The molecule has 5 nitrogen and oxygen atoms in total. The lowest BCUT2D eigenvalue weighted by Gasteiger charge is -2.16. The van der Waals surface area contributed by atoms with Crippen LogP contribution in [0.3, 0.4) is 0 Å². The molecule has 5 heteroatoms. The van der Waals surface area contributed by atoms with E-state index < -0.39 is 12.1 Å². The number of carbonyl (C=O) groups is 2. The molecule has 0 heterocycles. The highest BCUT2D eigenvalue weighted by Crippen LogP contribution is 2.18. The molecule has 0 fully saturated rings. The Morgan fingerprint density at radius 2 is 1.71 bits per heavy atom. The van der Waals surface area contributed by atoms with Crippen LogP contribution in [-0.4, -0.2) is 25.1 Å². The SMILES string of the molecule is COC(=O)c1ccc(OC(C)C(=O)Nc2cc(C)ccc2C)cc1. The highest BCUT2D eigenvalue weighted by atomic mass is 16.5. The molecule has 0 saturated heterocycles. The van der Waals surface area contributed by atoms with Crippen LogP contribution < -0.4 is 10.1 Å². The molecule has 24 heavy (non-hydrogen) atoms. The van der Waals surface area contributed by atoms with Crippen LogP contribution in [0.5, 0.6) is 5.75 Å². The maximum Gasteiger partial charge on any atom is 0.337 e. The number of anilines is 1. The van der Waals surface area contributed by atoms with Crippen LogP contribution in [0.4, 0.5) is 5.69 Å². The van der Waals surface area contributed by atoms with Gasteiger partial charge in [-0.3, -0.25) is 4.79 Å². The Labute approximate surface area is 141 Å². The number of hydrogen-bond donors (Lipinski definition) is 1. The third kappa shape index (κ3) is 4.35. The summed E-state index contributed by atoms with van der Waals surface area (Å²) in [6.07, 6.45) is -0.672. The van der Waals surface area contributed by atoms with Gasteiger partial charge in [0.15, 0.2) is 6.10 Å². The summed E-state index contributed by atoms with van der Waals surface area (Å²) >= 11 is 0. The van der Waals surface area contributed by atoms with Gasteiger partial charge in [-0.15, -0.1) is 0 Å². The van der Waals surface area contributed by atoms with E-state index in [2.05, 4.69) is 10.1 Å². The molecule has 0 bridgehead atoms. The molecule has 0 aliphatic carbocycles. The third-order valence-electron chi connectivity index (χ3n) is 3.61. The summed E-state index contributed by atoms with van der Waals surface area (Å²) in [6, 6.07) is 12.3. The summed E-state index contributed by atoms with van der Waals surface area (Å²) in [7, 11) is 1.33. The minimum absolute atomic E-state index is 0.235. The van der Waals surface area contributed by atoms with Crippen LogP contribution in [-0.2, 0) is 9.53 Å². The molecule has 0 saturated carbocycles. The standard InChI is InChI=1S/C19H21NO4/c1-12-5-6-13(2)17(11-12)20-18(21)14(3)24-16-9-7-15(8-10-16)19(22)23-4/h5-11,14H,1-4H3,(H,20,21). The van der Waals surface area contributed by atoms with Gasteiger partial charge in [0.1, 0.15) is 5.75 Å². The molecule has 1 unspecified atom stereocenters. The van der Waals surface area contributed by atoms with Gasteiger partial charge in [-0.25, -0.2) is 4.79 Å². The van der Waals surface area contributed by atoms with E-state index in [1.165, 1.54) is 7.11 Å². The quantitative estimate of drug-likeness (QED) is 0.854. The van der Waals surface area contributed by atoms with E-state index in [9.17, 15) is 9.59 Å². The topological polar surface area (TPSA) is 64.6 Å². The van der Waals surface area contributed by atoms with Crippen LogP contribution in [0.2, 0.25) is 0 Å². The number of aryl methyl sites for hydroxylation is 2. The fraction of sp³-hybridized carbons (Fsp3) is 0.263. The second-order valence-electron chi connectivity index (χ2n) is 5.58. The van der Waals surface area contributed by atoms with Gasteiger partial charge in [-0.2, -0.15) is 0 Å². The molecular formula is C19H21NO4. The average Bonchev–Trinajstić information content (AvgIpc) is 2.58. The zero-order valence-corrected chi connectivity index (χ0v) is 14.3. The predicted octanol–water partition coefficient (Wildman–Crippen LogP) is 3.50. The molecule has 1 N–H and O–H groups in total. The fourth-order valence-electron chi connectivity index (χ4n) is 2.15. The van der Waals surface area contributed by atoms with Crippen LogP contribution >= 0.6 is 0 Å². The molecule has 2 aromatic rings. The molecule has 1 amide bonds. The van der Waals surface area contributed by atoms with Crippen molar-refractivity contribution >= 4 is 17.6 Å². The molecule has 0 spiro atoms. The molecule has 0 aromatic heterocycles.